The van der Waals surface area contributed by atoms with Gasteiger partial charge in [0.25, 0.3) is 0 Å². The Kier molecular flexibility index (Phi) is 3.69. The van der Waals surface area contributed by atoms with Crippen LogP contribution in [0.15, 0.2) is 23.5 Å². The van der Waals surface area contributed by atoms with Crippen LogP contribution in [0.1, 0.15) is 11.5 Å². The van der Waals surface area contributed by atoms with Crippen LogP contribution in [0.2, 0.25) is 0 Å². The molecule has 0 aliphatic heterocycles. The second kappa shape index (κ2) is 5.11. The monoisotopic (exact) mass is 285 g/mol. The number of hydrogen-bond acceptors (Lipinski definition) is 5. The maximum atomic E-state index is 12.1. The average Bonchev–Trinajstić information content (AvgIpc) is 2.93. The smallest absolute Gasteiger partial charge is 0.242 e. The molecule has 0 aliphatic carbocycles. The predicted molar refractivity (Wildman–Crippen MR) is 66.4 cm³/mol. The summed E-state index contributed by atoms with van der Waals surface area (Å²) in [6.45, 7) is -0.155. The molecule has 0 radical (unpaired) electrons. The summed E-state index contributed by atoms with van der Waals surface area (Å²) < 4.78 is 29.7. The molecular weight excluding hydrogens is 270 g/mol. The maximum Gasteiger partial charge on any atom is 0.242 e. The molecule has 0 unspecified atom stereocenters. The van der Waals surface area contributed by atoms with Gasteiger partial charge in [0, 0.05) is 26.0 Å². The first kappa shape index (κ1) is 13.7. The molecule has 0 spiro atoms. The Balaban J connectivity index is 2.16. The maximum absolute atomic E-state index is 12.1. The summed E-state index contributed by atoms with van der Waals surface area (Å²) >= 11 is 0. The van der Waals surface area contributed by atoms with E-state index in [2.05, 4.69) is 14.9 Å². The van der Waals surface area contributed by atoms with E-state index >= 15 is 0 Å². The molecule has 0 aliphatic rings. The number of aryl methyl sites for hydroxylation is 2. The highest BCUT2D eigenvalue weighted by Crippen LogP contribution is 2.13. The van der Waals surface area contributed by atoms with E-state index in [-0.39, 0.29) is 18.0 Å². The standard InChI is InChI=1S/C10H15N5O3S/c1-14-5-9(3-8(14)6-16)19(17,18)12-4-10-13-11-7-15(10)2/h3,5,7,12,16H,4,6H2,1-2H3. The van der Waals surface area contributed by atoms with Gasteiger partial charge in [0.15, 0.2) is 0 Å². The van der Waals surface area contributed by atoms with Gasteiger partial charge in [0.1, 0.15) is 12.2 Å². The van der Waals surface area contributed by atoms with E-state index in [1.54, 1.807) is 23.2 Å². The molecule has 0 atom stereocenters. The number of aliphatic hydroxyl groups excluding tert-OH is 1. The molecule has 0 saturated heterocycles. The summed E-state index contributed by atoms with van der Waals surface area (Å²) in [4.78, 5) is 0.112. The Morgan fingerprint density at radius 2 is 2.11 bits per heavy atom. The Morgan fingerprint density at radius 3 is 2.63 bits per heavy atom. The third-order valence-corrected chi connectivity index (χ3v) is 4.15. The fourth-order valence-electron chi connectivity index (χ4n) is 1.59. The molecule has 0 bridgehead atoms. The van der Waals surface area contributed by atoms with Crippen molar-refractivity contribution in [1.29, 1.82) is 0 Å². The Labute approximate surface area is 110 Å². The average molecular weight is 285 g/mol. The lowest BCUT2D eigenvalue weighted by Crippen LogP contribution is -2.24. The van der Waals surface area contributed by atoms with Gasteiger partial charge in [0.05, 0.1) is 18.0 Å². The molecule has 2 heterocycles. The molecule has 2 aromatic rings. The number of nitrogens with one attached hydrogen (secondary N) is 1. The lowest BCUT2D eigenvalue weighted by Gasteiger charge is -2.04. The third kappa shape index (κ3) is 2.83. The van der Waals surface area contributed by atoms with Crippen molar-refractivity contribution in [2.75, 3.05) is 0 Å². The lowest BCUT2D eigenvalue weighted by molar-refractivity contribution is 0.272. The van der Waals surface area contributed by atoms with Crippen LogP contribution in [0, 0.1) is 0 Å². The molecule has 2 N–H and O–H groups in total. The van der Waals surface area contributed by atoms with Crippen molar-refractivity contribution in [3.63, 3.8) is 0 Å². The third-order valence-electron chi connectivity index (χ3n) is 2.78. The van der Waals surface area contributed by atoms with Crippen molar-refractivity contribution >= 4 is 10.0 Å². The minimum atomic E-state index is -3.63. The van der Waals surface area contributed by atoms with E-state index in [9.17, 15) is 8.42 Å². The molecule has 0 saturated carbocycles. The second-order valence-electron chi connectivity index (χ2n) is 4.12. The van der Waals surface area contributed by atoms with Crippen LogP contribution < -0.4 is 4.72 Å². The largest absolute Gasteiger partial charge is 0.390 e. The van der Waals surface area contributed by atoms with Gasteiger partial charge in [0.2, 0.25) is 10.0 Å². The Hall–Kier alpha value is -1.71. The van der Waals surface area contributed by atoms with Gasteiger partial charge in [-0.3, -0.25) is 0 Å². The minimum absolute atomic E-state index is 0.0577. The van der Waals surface area contributed by atoms with Crippen molar-refractivity contribution in [2.45, 2.75) is 18.0 Å². The van der Waals surface area contributed by atoms with E-state index < -0.39 is 10.0 Å². The van der Waals surface area contributed by atoms with Crippen molar-refractivity contribution in [3.05, 3.63) is 30.1 Å². The van der Waals surface area contributed by atoms with E-state index in [1.165, 1.54) is 18.6 Å². The number of rotatable bonds is 5. The summed E-state index contributed by atoms with van der Waals surface area (Å²) in [5.74, 6) is 0.516. The van der Waals surface area contributed by atoms with Crippen molar-refractivity contribution in [3.8, 4) is 0 Å². The molecular formula is C10H15N5O3S. The van der Waals surface area contributed by atoms with Crippen LogP contribution in [0.4, 0.5) is 0 Å². The zero-order valence-electron chi connectivity index (χ0n) is 10.6. The molecule has 19 heavy (non-hydrogen) atoms. The predicted octanol–water partition coefficient (Wildman–Crippen LogP) is -0.876. The fourth-order valence-corrected chi connectivity index (χ4v) is 2.67. The van der Waals surface area contributed by atoms with Crippen LogP contribution in [0.25, 0.3) is 0 Å². The van der Waals surface area contributed by atoms with Gasteiger partial charge in [-0.1, -0.05) is 0 Å². The highest BCUT2D eigenvalue weighted by Gasteiger charge is 2.18. The van der Waals surface area contributed by atoms with E-state index in [0.717, 1.165) is 0 Å². The molecule has 2 rings (SSSR count). The molecule has 104 valence electrons. The van der Waals surface area contributed by atoms with Gasteiger partial charge >= 0.3 is 0 Å². The lowest BCUT2D eigenvalue weighted by atomic mass is 10.5. The molecule has 0 aromatic carbocycles. The Morgan fingerprint density at radius 1 is 1.37 bits per heavy atom. The molecule has 9 heteroatoms. The van der Waals surface area contributed by atoms with Gasteiger partial charge in [-0.25, -0.2) is 13.1 Å². The van der Waals surface area contributed by atoms with Crippen LogP contribution >= 0.6 is 0 Å². The molecule has 0 fully saturated rings. The fraction of sp³-hybridized carbons (Fsp3) is 0.400. The summed E-state index contributed by atoms with van der Waals surface area (Å²) in [5, 5.41) is 16.5. The van der Waals surface area contributed by atoms with Gasteiger partial charge in [-0.15, -0.1) is 10.2 Å². The van der Waals surface area contributed by atoms with Crippen LogP contribution in [-0.2, 0) is 37.3 Å². The van der Waals surface area contributed by atoms with Crippen molar-refractivity contribution in [2.24, 2.45) is 14.1 Å². The summed E-state index contributed by atoms with van der Waals surface area (Å²) in [5.41, 5.74) is 0.527. The number of hydrogen-bond donors (Lipinski definition) is 2. The number of aliphatic hydroxyl groups is 1. The molecule has 0 amide bonds. The molecule has 8 nitrogen and oxygen atoms in total. The van der Waals surface area contributed by atoms with Crippen molar-refractivity contribution < 1.29 is 13.5 Å². The topological polar surface area (TPSA) is 102 Å². The second-order valence-corrected chi connectivity index (χ2v) is 5.89. The number of nitrogens with zero attached hydrogens (tertiary/aromatic N) is 4. The van der Waals surface area contributed by atoms with E-state index in [1.807, 2.05) is 0 Å². The first-order chi connectivity index (χ1) is 8.94. The van der Waals surface area contributed by atoms with Gasteiger partial charge in [-0.05, 0) is 6.07 Å². The summed E-state index contributed by atoms with van der Waals surface area (Å²) in [7, 11) is -0.222. The van der Waals surface area contributed by atoms with Crippen LogP contribution in [-0.4, -0.2) is 32.9 Å². The summed E-state index contributed by atoms with van der Waals surface area (Å²) in [6.07, 6.45) is 2.95. The first-order valence-electron chi connectivity index (χ1n) is 5.52. The van der Waals surface area contributed by atoms with Gasteiger partial charge in [-0.2, -0.15) is 0 Å². The minimum Gasteiger partial charge on any atom is -0.390 e. The normalized spacial score (nSPS) is 11.9. The number of aromatic nitrogens is 4. The SMILES string of the molecule is Cn1cc(S(=O)(=O)NCc2nncn2C)cc1CO. The van der Waals surface area contributed by atoms with Gasteiger partial charge < -0.3 is 14.2 Å². The summed E-state index contributed by atoms with van der Waals surface area (Å²) in [6, 6.07) is 1.43. The zero-order chi connectivity index (χ0) is 14.0. The highest BCUT2D eigenvalue weighted by atomic mass is 32.2. The van der Waals surface area contributed by atoms with Crippen LogP contribution in [0.5, 0.6) is 0 Å². The first-order valence-corrected chi connectivity index (χ1v) is 7.01. The van der Waals surface area contributed by atoms with E-state index in [4.69, 9.17) is 5.11 Å². The quantitative estimate of drug-likeness (QED) is 0.743. The number of sulfonamides is 1. The van der Waals surface area contributed by atoms with E-state index in [0.29, 0.717) is 11.5 Å². The highest BCUT2D eigenvalue weighted by molar-refractivity contribution is 7.89. The van der Waals surface area contributed by atoms with Crippen molar-refractivity contribution in [1.82, 2.24) is 24.1 Å². The zero-order valence-corrected chi connectivity index (χ0v) is 11.4. The molecule has 2 aromatic heterocycles. The van der Waals surface area contributed by atoms with Crippen LogP contribution in [0.3, 0.4) is 0 Å². The Bertz CT molecular complexity index is 673.